The van der Waals surface area contributed by atoms with E-state index >= 15 is 0 Å². The van der Waals surface area contributed by atoms with Gasteiger partial charge >= 0.3 is 0 Å². The van der Waals surface area contributed by atoms with Crippen molar-refractivity contribution in [2.75, 3.05) is 0 Å². The summed E-state index contributed by atoms with van der Waals surface area (Å²) in [4.78, 5) is 4.46. The summed E-state index contributed by atoms with van der Waals surface area (Å²) in [5.74, 6) is 0.279. The van der Waals surface area contributed by atoms with Crippen LogP contribution in [0, 0.1) is 0 Å². The summed E-state index contributed by atoms with van der Waals surface area (Å²) >= 11 is 0. The Morgan fingerprint density at radius 1 is 0.900 bits per heavy atom. The summed E-state index contributed by atoms with van der Waals surface area (Å²) in [5, 5.41) is 15.8. The molecule has 0 aliphatic carbocycles. The number of benzene rings is 2. The van der Waals surface area contributed by atoms with Gasteiger partial charge in [-0.1, -0.05) is 18.2 Å². The molecule has 4 aromatic rings. The largest absolute Gasteiger partial charge is 0.508 e. The fourth-order valence-electron chi connectivity index (χ4n) is 2.46. The minimum Gasteiger partial charge on any atom is -0.508 e. The Bertz CT molecular complexity index is 927. The van der Waals surface area contributed by atoms with Crippen LogP contribution in [-0.4, -0.2) is 19.7 Å². The summed E-state index contributed by atoms with van der Waals surface area (Å²) < 4.78 is 1.81. The molecule has 0 saturated heterocycles. The van der Waals surface area contributed by atoms with Gasteiger partial charge in [0.25, 0.3) is 0 Å². The first-order valence-electron chi connectivity index (χ1n) is 6.33. The molecule has 4 nitrogen and oxygen atoms in total. The van der Waals surface area contributed by atoms with Gasteiger partial charge in [-0.25, -0.2) is 4.52 Å². The van der Waals surface area contributed by atoms with E-state index in [9.17, 15) is 5.11 Å². The molecule has 0 aliphatic rings. The molecular formula is C16H11N3O. The molecule has 4 heteroatoms. The van der Waals surface area contributed by atoms with E-state index in [2.05, 4.69) is 16.1 Å². The highest BCUT2D eigenvalue weighted by Crippen LogP contribution is 2.27. The van der Waals surface area contributed by atoms with Crippen LogP contribution >= 0.6 is 0 Å². The molecule has 0 atom stereocenters. The number of fused-ring (bicyclic) bond motifs is 2. The lowest BCUT2D eigenvalue weighted by Gasteiger charge is -2.05. The van der Waals surface area contributed by atoms with Gasteiger partial charge in [0.2, 0.25) is 0 Å². The van der Waals surface area contributed by atoms with Crippen LogP contribution in [0.2, 0.25) is 0 Å². The van der Waals surface area contributed by atoms with Crippen molar-refractivity contribution in [1.29, 1.82) is 0 Å². The second-order valence-electron chi connectivity index (χ2n) is 4.68. The zero-order valence-corrected chi connectivity index (χ0v) is 10.6. The maximum absolute atomic E-state index is 9.51. The van der Waals surface area contributed by atoms with E-state index in [0.717, 1.165) is 27.5 Å². The van der Waals surface area contributed by atoms with Crippen molar-refractivity contribution in [3.05, 3.63) is 61.1 Å². The Morgan fingerprint density at radius 3 is 2.70 bits per heavy atom. The number of phenolic OH excluding ortho intramolecular Hbond substituents is 1. The van der Waals surface area contributed by atoms with Crippen molar-refractivity contribution in [2.24, 2.45) is 0 Å². The van der Waals surface area contributed by atoms with E-state index in [-0.39, 0.29) is 5.75 Å². The van der Waals surface area contributed by atoms with Crippen LogP contribution in [0.4, 0.5) is 0 Å². The van der Waals surface area contributed by atoms with Gasteiger partial charge in [-0.05, 0) is 35.0 Å². The fourth-order valence-corrected chi connectivity index (χ4v) is 2.46. The van der Waals surface area contributed by atoms with Crippen LogP contribution in [-0.2, 0) is 0 Å². The Hall–Kier alpha value is -2.88. The topological polar surface area (TPSA) is 50.4 Å². The molecule has 0 aliphatic heterocycles. The third kappa shape index (κ3) is 1.62. The standard InChI is InChI=1S/C16H11N3O/c20-14-4-3-11-9-13(2-1-12(11)10-14)16-15-5-6-18-19(15)8-7-17-16/h1-10,20H. The number of rotatable bonds is 1. The lowest BCUT2D eigenvalue weighted by Crippen LogP contribution is -1.91. The van der Waals surface area contributed by atoms with Gasteiger partial charge in [-0.2, -0.15) is 5.10 Å². The number of hydrogen-bond acceptors (Lipinski definition) is 3. The average Bonchev–Trinajstić information content (AvgIpc) is 2.95. The van der Waals surface area contributed by atoms with Gasteiger partial charge in [0, 0.05) is 18.0 Å². The highest BCUT2D eigenvalue weighted by molar-refractivity contribution is 5.90. The highest BCUT2D eigenvalue weighted by Gasteiger charge is 2.07. The van der Waals surface area contributed by atoms with Crippen LogP contribution < -0.4 is 0 Å². The van der Waals surface area contributed by atoms with E-state index in [4.69, 9.17) is 0 Å². The number of hydrogen-bond donors (Lipinski definition) is 1. The first-order valence-corrected chi connectivity index (χ1v) is 6.33. The first-order chi connectivity index (χ1) is 9.81. The average molecular weight is 261 g/mol. The monoisotopic (exact) mass is 261 g/mol. The minimum atomic E-state index is 0.279. The van der Waals surface area contributed by atoms with Crippen molar-refractivity contribution in [3.63, 3.8) is 0 Å². The zero-order chi connectivity index (χ0) is 13.5. The highest BCUT2D eigenvalue weighted by atomic mass is 16.3. The Kier molecular flexibility index (Phi) is 2.23. The molecule has 0 fully saturated rings. The summed E-state index contributed by atoms with van der Waals surface area (Å²) in [6.07, 6.45) is 5.34. The Morgan fingerprint density at radius 2 is 1.75 bits per heavy atom. The van der Waals surface area contributed by atoms with E-state index in [0.29, 0.717) is 0 Å². The molecule has 0 saturated carbocycles. The lowest BCUT2D eigenvalue weighted by molar-refractivity contribution is 0.476. The molecule has 4 rings (SSSR count). The molecule has 96 valence electrons. The minimum absolute atomic E-state index is 0.279. The Balaban J connectivity index is 1.98. The SMILES string of the molecule is Oc1ccc2cc(-c3nccn4nccc34)ccc2c1. The van der Waals surface area contributed by atoms with Crippen LogP contribution in [0.15, 0.2) is 61.1 Å². The van der Waals surface area contributed by atoms with E-state index in [1.807, 2.05) is 35.0 Å². The van der Waals surface area contributed by atoms with Crippen molar-refractivity contribution >= 4 is 16.3 Å². The van der Waals surface area contributed by atoms with Gasteiger partial charge in [-0.3, -0.25) is 4.98 Å². The van der Waals surface area contributed by atoms with Crippen molar-refractivity contribution in [3.8, 4) is 17.0 Å². The second kappa shape index (κ2) is 4.06. The van der Waals surface area contributed by atoms with E-state index in [1.165, 1.54) is 0 Å². The van der Waals surface area contributed by atoms with Gasteiger partial charge < -0.3 is 5.11 Å². The summed E-state index contributed by atoms with van der Waals surface area (Å²) in [6.45, 7) is 0. The molecular weight excluding hydrogens is 250 g/mol. The number of aromatic hydroxyl groups is 1. The number of nitrogens with zero attached hydrogens (tertiary/aromatic N) is 3. The molecule has 1 N–H and O–H groups in total. The fraction of sp³-hybridized carbons (Fsp3) is 0. The zero-order valence-electron chi connectivity index (χ0n) is 10.6. The quantitative estimate of drug-likeness (QED) is 0.572. The van der Waals surface area contributed by atoms with Gasteiger partial charge in [0.15, 0.2) is 0 Å². The smallest absolute Gasteiger partial charge is 0.116 e. The van der Waals surface area contributed by atoms with Gasteiger partial charge in [0.05, 0.1) is 17.4 Å². The number of aromatic nitrogens is 3. The molecule has 0 unspecified atom stereocenters. The summed E-state index contributed by atoms with van der Waals surface area (Å²) in [6, 6.07) is 13.4. The second-order valence-corrected chi connectivity index (χ2v) is 4.68. The summed E-state index contributed by atoms with van der Waals surface area (Å²) in [7, 11) is 0. The normalized spacial score (nSPS) is 11.2. The van der Waals surface area contributed by atoms with Crippen molar-refractivity contribution in [2.45, 2.75) is 0 Å². The Labute approximate surface area is 114 Å². The lowest BCUT2D eigenvalue weighted by atomic mass is 10.0. The molecule has 0 radical (unpaired) electrons. The van der Waals surface area contributed by atoms with Gasteiger partial charge in [0.1, 0.15) is 5.75 Å². The molecule has 0 amide bonds. The molecule has 2 heterocycles. The third-order valence-corrected chi connectivity index (χ3v) is 3.42. The predicted molar refractivity (Wildman–Crippen MR) is 77.6 cm³/mol. The van der Waals surface area contributed by atoms with Crippen LogP contribution in [0.5, 0.6) is 5.75 Å². The molecule has 20 heavy (non-hydrogen) atoms. The summed E-state index contributed by atoms with van der Waals surface area (Å²) in [5.41, 5.74) is 2.92. The maximum atomic E-state index is 9.51. The first kappa shape index (κ1) is 11.0. The third-order valence-electron chi connectivity index (χ3n) is 3.42. The van der Waals surface area contributed by atoms with E-state index < -0.39 is 0 Å². The number of phenols is 1. The van der Waals surface area contributed by atoms with Gasteiger partial charge in [-0.15, -0.1) is 0 Å². The molecule has 2 aromatic carbocycles. The molecule has 0 bridgehead atoms. The van der Waals surface area contributed by atoms with Crippen LogP contribution in [0.3, 0.4) is 0 Å². The van der Waals surface area contributed by atoms with Crippen LogP contribution in [0.1, 0.15) is 0 Å². The van der Waals surface area contributed by atoms with Crippen LogP contribution in [0.25, 0.3) is 27.5 Å². The molecule has 0 spiro atoms. The van der Waals surface area contributed by atoms with Crippen molar-refractivity contribution in [1.82, 2.24) is 14.6 Å². The predicted octanol–water partition coefficient (Wildman–Crippen LogP) is 3.26. The van der Waals surface area contributed by atoms with Crippen molar-refractivity contribution < 1.29 is 5.11 Å². The van der Waals surface area contributed by atoms with E-state index in [1.54, 1.807) is 24.5 Å². The molecule has 2 aromatic heterocycles. The maximum Gasteiger partial charge on any atom is 0.116 e.